The molecule has 234 valence electrons. The normalized spacial score (nSPS) is 15.7. The quantitative estimate of drug-likeness (QED) is 0.0786. The summed E-state index contributed by atoms with van der Waals surface area (Å²) in [6.07, 6.45) is 9.74. The SMILES string of the molecule is CCCCCCN1C(=O)c2c(-c3ccc(/C=C(/C#N)C(=O)O)s3)sc(-c3ccc(-c4cc5c6c(c4)CCCN6CCC5)s3)c2C1=O. The number of benzene rings is 1. The van der Waals surface area contributed by atoms with Crippen LogP contribution in [0, 0.1) is 11.3 Å². The van der Waals surface area contributed by atoms with Gasteiger partial charge in [-0.05, 0) is 91.3 Å². The van der Waals surface area contributed by atoms with Crippen molar-refractivity contribution in [2.75, 3.05) is 24.5 Å². The van der Waals surface area contributed by atoms with E-state index in [0.29, 0.717) is 27.4 Å². The summed E-state index contributed by atoms with van der Waals surface area (Å²) in [5.41, 5.74) is 6.06. The first kappa shape index (κ1) is 30.6. The molecule has 0 radical (unpaired) electrons. The topological polar surface area (TPSA) is 102 Å². The van der Waals surface area contributed by atoms with Crippen LogP contribution < -0.4 is 4.90 Å². The second-order valence-corrected chi connectivity index (χ2v) is 15.2. The van der Waals surface area contributed by atoms with Crippen molar-refractivity contribution >= 4 is 63.6 Å². The Kier molecular flexibility index (Phi) is 8.40. The summed E-state index contributed by atoms with van der Waals surface area (Å²) in [5, 5.41) is 18.6. The number of carbonyl (C=O) groups is 3. The van der Waals surface area contributed by atoms with Crippen molar-refractivity contribution in [3.8, 4) is 36.0 Å². The number of carboxylic acid groups (broad SMARTS) is 1. The van der Waals surface area contributed by atoms with Crippen molar-refractivity contribution < 1.29 is 19.5 Å². The standard InChI is InChI=1S/C36H33N3O4S3/c1-2-3-4-5-16-39-34(40)29-30(35(39)41)33(46-32(29)27-11-10-25(44-27)19-24(20-37)36(42)43)28-13-12-26(45-28)23-17-21-8-6-14-38-15-7-9-22(18-23)31(21)38/h10-13,17-19H,2-9,14-16H2,1H3,(H,42,43)/b24-19-. The highest BCUT2D eigenvalue weighted by Gasteiger charge is 2.42. The predicted octanol–water partition coefficient (Wildman–Crippen LogP) is 8.74. The average Bonchev–Trinajstić information content (AvgIpc) is 3.85. The van der Waals surface area contributed by atoms with Gasteiger partial charge in [-0.15, -0.1) is 34.0 Å². The second-order valence-electron chi connectivity index (χ2n) is 12.0. The number of thiophene rings is 3. The highest BCUT2D eigenvalue weighted by molar-refractivity contribution is 7.28. The number of hydrogen-bond donors (Lipinski definition) is 1. The lowest BCUT2D eigenvalue weighted by atomic mass is 9.90. The number of carbonyl (C=O) groups excluding carboxylic acids is 2. The smallest absolute Gasteiger partial charge is 0.346 e. The van der Waals surface area contributed by atoms with Gasteiger partial charge in [0, 0.05) is 44.8 Å². The Bertz CT molecular complexity index is 1920. The molecule has 7 rings (SSSR count). The summed E-state index contributed by atoms with van der Waals surface area (Å²) in [5.74, 6) is -1.79. The van der Waals surface area contributed by atoms with E-state index in [1.165, 1.54) is 68.9 Å². The van der Waals surface area contributed by atoms with Gasteiger partial charge in [0.1, 0.15) is 11.6 Å². The van der Waals surface area contributed by atoms with Crippen LogP contribution in [0.25, 0.3) is 36.0 Å². The molecule has 0 saturated heterocycles. The number of hydrogen-bond acceptors (Lipinski definition) is 8. The summed E-state index contributed by atoms with van der Waals surface area (Å²) >= 11 is 4.42. The van der Waals surface area contributed by atoms with Crippen molar-refractivity contribution in [3.63, 3.8) is 0 Å². The molecule has 3 aliphatic heterocycles. The molecule has 0 bridgehead atoms. The molecule has 1 aromatic carbocycles. The van der Waals surface area contributed by atoms with Gasteiger partial charge in [0.05, 0.1) is 20.9 Å². The number of carboxylic acids is 1. The maximum atomic E-state index is 13.9. The number of rotatable bonds is 10. The molecule has 0 spiro atoms. The van der Waals surface area contributed by atoms with Crippen molar-refractivity contribution in [3.05, 3.63) is 69.1 Å². The molecule has 4 aromatic rings. The fourth-order valence-corrected chi connectivity index (χ4v) is 10.3. The van der Waals surface area contributed by atoms with Crippen molar-refractivity contribution in [2.45, 2.75) is 58.3 Å². The van der Waals surface area contributed by atoms with Crippen LogP contribution >= 0.6 is 34.0 Å². The summed E-state index contributed by atoms with van der Waals surface area (Å²) < 4.78 is 0. The van der Waals surface area contributed by atoms with E-state index >= 15 is 0 Å². The minimum Gasteiger partial charge on any atom is -0.477 e. The lowest BCUT2D eigenvalue weighted by Gasteiger charge is -2.37. The fraction of sp³-hybridized carbons (Fsp3) is 0.333. The Labute approximate surface area is 280 Å². The monoisotopic (exact) mass is 667 g/mol. The van der Waals surface area contributed by atoms with Gasteiger partial charge in [0.25, 0.3) is 11.8 Å². The van der Waals surface area contributed by atoms with Gasteiger partial charge >= 0.3 is 5.97 Å². The first-order valence-electron chi connectivity index (χ1n) is 15.9. The number of nitrogens with zero attached hydrogens (tertiary/aromatic N) is 3. The van der Waals surface area contributed by atoms with Gasteiger partial charge in [-0.1, -0.05) is 26.2 Å². The molecule has 2 amide bonds. The zero-order valence-corrected chi connectivity index (χ0v) is 28.0. The Morgan fingerprint density at radius 1 is 0.891 bits per heavy atom. The molecule has 6 heterocycles. The van der Waals surface area contributed by atoms with Crippen LogP contribution in [0.5, 0.6) is 0 Å². The third kappa shape index (κ3) is 5.40. The van der Waals surface area contributed by atoms with Gasteiger partial charge in [0.15, 0.2) is 0 Å². The van der Waals surface area contributed by atoms with Gasteiger partial charge < -0.3 is 10.0 Å². The molecule has 0 atom stereocenters. The van der Waals surface area contributed by atoms with E-state index in [0.717, 1.165) is 71.1 Å². The number of fused-ring (bicyclic) bond motifs is 1. The van der Waals surface area contributed by atoms with E-state index in [2.05, 4.69) is 36.1 Å². The number of nitriles is 1. The van der Waals surface area contributed by atoms with Crippen LogP contribution in [0.1, 0.15) is 82.2 Å². The first-order chi connectivity index (χ1) is 22.4. The molecule has 46 heavy (non-hydrogen) atoms. The third-order valence-electron chi connectivity index (χ3n) is 9.00. The van der Waals surface area contributed by atoms with Gasteiger partial charge in [-0.3, -0.25) is 14.5 Å². The van der Waals surface area contributed by atoms with Crippen LogP contribution in [0.4, 0.5) is 5.69 Å². The maximum absolute atomic E-state index is 13.9. The van der Waals surface area contributed by atoms with Crippen LogP contribution in [0.3, 0.4) is 0 Å². The number of aryl methyl sites for hydroxylation is 2. The number of imide groups is 1. The van der Waals surface area contributed by atoms with Crippen LogP contribution in [-0.2, 0) is 17.6 Å². The van der Waals surface area contributed by atoms with Crippen LogP contribution in [-0.4, -0.2) is 47.4 Å². The Morgan fingerprint density at radius 2 is 1.52 bits per heavy atom. The molecule has 3 aromatic heterocycles. The van der Waals surface area contributed by atoms with E-state index in [-0.39, 0.29) is 17.4 Å². The van der Waals surface area contributed by atoms with Crippen LogP contribution in [0.15, 0.2) is 42.0 Å². The lowest BCUT2D eigenvalue weighted by Crippen LogP contribution is -2.34. The molecule has 3 aliphatic rings. The zero-order chi connectivity index (χ0) is 31.9. The number of unbranched alkanes of at least 4 members (excludes halogenated alkanes) is 3. The number of aliphatic carboxylic acids is 1. The van der Waals surface area contributed by atoms with E-state index in [9.17, 15) is 24.8 Å². The summed E-state index contributed by atoms with van der Waals surface area (Å²) in [6.45, 7) is 4.80. The second kappa shape index (κ2) is 12.6. The molecule has 0 fully saturated rings. The van der Waals surface area contributed by atoms with Crippen molar-refractivity contribution in [1.29, 1.82) is 5.26 Å². The van der Waals surface area contributed by atoms with Gasteiger partial charge in [-0.2, -0.15) is 5.26 Å². The highest BCUT2D eigenvalue weighted by atomic mass is 32.1. The molecular formula is C36H33N3O4S3. The Hall–Kier alpha value is -4.04. The van der Waals surface area contributed by atoms with E-state index in [1.54, 1.807) is 23.5 Å². The summed E-state index contributed by atoms with van der Waals surface area (Å²) in [6, 6.07) is 14.2. The lowest BCUT2D eigenvalue weighted by molar-refractivity contribution is -0.132. The van der Waals surface area contributed by atoms with Crippen molar-refractivity contribution in [2.24, 2.45) is 0 Å². The molecule has 0 saturated carbocycles. The van der Waals surface area contributed by atoms with E-state index in [4.69, 9.17) is 0 Å². The first-order valence-corrected chi connectivity index (χ1v) is 18.3. The van der Waals surface area contributed by atoms with Gasteiger partial charge in [0.2, 0.25) is 0 Å². The fourth-order valence-electron chi connectivity index (χ4n) is 6.85. The summed E-state index contributed by atoms with van der Waals surface area (Å²) in [7, 11) is 0. The van der Waals surface area contributed by atoms with Crippen LogP contribution in [0.2, 0.25) is 0 Å². The molecule has 10 heteroatoms. The van der Waals surface area contributed by atoms with Crippen molar-refractivity contribution in [1.82, 2.24) is 4.90 Å². The average molecular weight is 668 g/mol. The predicted molar refractivity (Wildman–Crippen MR) is 186 cm³/mol. The largest absolute Gasteiger partial charge is 0.477 e. The molecular weight excluding hydrogens is 635 g/mol. The molecule has 0 aliphatic carbocycles. The minimum atomic E-state index is -1.29. The highest BCUT2D eigenvalue weighted by Crippen LogP contribution is 2.50. The van der Waals surface area contributed by atoms with E-state index in [1.807, 2.05) is 6.07 Å². The Morgan fingerprint density at radius 3 is 2.15 bits per heavy atom. The number of anilines is 1. The third-order valence-corrected chi connectivity index (χ3v) is 12.7. The molecule has 0 unspecified atom stereocenters. The number of amides is 2. The van der Waals surface area contributed by atoms with E-state index < -0.39 is 5.97 Å². The zero-order valence-electron chi connectivity index (χ0n) is 25.6. The van der Waals surface area contributed by atoms with Gasteiger partial charge in [-0.25, -0.2) is 4.79 Å². The Balaban J connectivity index is 1.29. The molecule has 1 N–H and O–H groups in total. The minimum absolute atomic E-state index is 0.239. The summed E-state index contributed by atoms with van der Waals surface area (Å²) in [4.78, 5) is 48.2. The maximum Gasteiger partial charge on any atom is 0.346 e. The molecule has 7 nitrogen and oxygen atoms in total.